The van der Waals surface area contributed by atoms with Crippen molar-refractivity contribution in [2.75, 3.05) is 5.32 Å². The lowest BCUT2D eigenvalue weighted by Gasteiger charge is -2.05. The number of anilines is 1. The van der Waals surface area contributed by atoms with E-state index in [0.29, 0.717) is 16.8 Å². The van der Waals surface area contributed by atoms with Crippen LogP contribution in [0.1, 0.15) is 10.4 Å². The Labute approximate surface area is 122 Å². The fraction of sp³-hybridized carbons (Fsp3) is 0. The number of carbonyl (C=O) groups excluding carboxylic acids is 1. The summed E-state index contributed by atoms with van der Waals surface area (Å²) in [5.74, 6) is -1.21. The van der Waals surface area contributed by atoms with Crippen LogP contribution < -0.4 is 11.1 Å². The molecule has 0 aliphatic rings. The summed E-state index contributed by atoms with van der Waals surface area (Å²) in [5.41, 5.74) is 0.831. The number of benzene rings is 2. The first-order chi connectivity index (χ1) is 10.5. The Morgan fingerprint density at radius 1 is 1.23 bits per heavy atom. The van der Waals surface area contributed by atoms with Crippen LogP contribution in [-0.4, -0.2) is 15.8 Å². The summed E-state index contributed by atoms with van der Waals surface area (Å²) < 4.78 is 4.85. The van der Waals surface area contributed by atoms with Crippen molar-refractivity contribution in [1.29, 1.82) is 0 Å². The van der Waals surface area contributed by atoms with Crippen LogP contribution in [0.25, 0.3) is 11.1 Å². The number of rotatable bonds is 3. The predicted octanol–water partition coefficient (Wildman–Crippen LogP) is 2.28. The highest BCUT2D eigenvalue weighted by molar-refractivity contribution is 6.07. The molecule has 2 aromatic carbocycles. The molecule has 8 heteroatoms. The monoisotopic (exact) mass is 299 g/mol. The molecule has 0 saturated carbocycles. The van der Waals surface area contributed by atoms with Crippen LogP contribution >= 0.6 is 0 Å². The Morgan fingerprint density at radius 2 is 2.00 bits per heavy atom. The molecule has 8 nitrogen and oxygen atoms in total. The number of hydrogen-bond donors (Lipinski definition) is 2. The molecule has 22 heavy (non-hydrogen) atoms. The van der Waals surface area contributed by atoms with E-state index in [1.165, 1.54) is 36.4 Å². The van der Waals surface area contributed by atoms with Crippen LogP contribution in [0.4, 0.5) is 11.4 Å². The molecule has 1 heterocycles. The Bertz CT molecular complexity index is 941. The number of nitro benzene ring substituents is 1. The summed E-state index contributed by atoms with van der Waals surface area (Å²) in [5, 5.41) is 13.5. The molecule has 1 amide bonds. The zero-order valence-electron chi connectivity index (χ0n) is 11.0. The third-order valence-corrected chi connectivity index (χ3v) is 3.02. The van der Waals surface area contributed by atoms with Gasteiger partial charge in [-0.1, -0.05) is 12.1 Å². The average Bonchev–Trinajstić information content (AvgIpc) is 2.86. The van der Waals surface area contributed by atoms with E-state index in [-0.39, 0.29) is 11.3 Å². The minimum atomic E-state index is -0.619. The molecule has 0 spiro atoms. The topological polar surface area (TPSA) is 118 Å². The predicted molar refractivity (Wildman–Crippen MR) is 77.9 cm³/mol. The molecule has 0 aliphatic carbocycles. The normalized spacial score (nSPS) is 10.5. The van der Waals surface area contributed by atoms with Gasteiger partial charge in [-0.05, 0) is 24.3 Å². The number of H-pyrrole nitrogens is 1. The Balaban J connectivity index is 1.93. The molecule has 0 fully saturated rings. The summed E-state index contributed by atoms with van der Waals surface area (Å²) in [6.45, 7) is 0. The third kappa shape index (κ3) is 2.44. The largest absolute Gasteiger partial charge is 0.417 e. The number of aromatic nitrogens is 1. The zero-order chi connectivity index (χ0) is 15.7. The van der Waals surface area contributed by atoms with Crippen LogP contribution in [0.15, 0.2) is 51.7 Å². The molecule has 0 radical (unpaired) electrons. The van der Waals surface area contributed by atoms with E-state index in [9.17, 15) is 19.7 Å². The van der Waals surface area contributed by atoms with Gasteiger partial charge in [0, 0.05) is 11.8 Å². The first-order valence-electron chi connectivity index (χ1n) is 6.22. The molecule has 0 unspecified atom stereocenters. The smallest absolute Gasteiger partial charge is 0.408 e. The van der Waals surface area contributed by atoms with Crippen LogP contribution in [0.3, 0.4) is 0 Å². The number of nitrogens with zero attached hydrogens (tertiary/aromatic N) is 1. The van der Waals surface area contributed by atoms with Crippen LogP contribution in [-0.2, 0) is 0 Å². The Hall–Kier alpha value is -3.42. The number of fused-ring (bicyclic) bond motifs is 1. The third-order valence-electron chi connectivity index (χ3n) is 3.02. The molecule has 1 aromatic heterocycles. The molecule has 0 atom stereocenters. The van der Waals surface area contributed by atoms with Crippen molar-refractivity contribution in [1.82, 2.24) is 4.98 Å². The zero-order valence-corrected chi connectivity index (χ0v) is 11.0. The van der Waals surface area contributed by atoms with Crippen LogP contribution in [0, 0.1) is 10.1 Å². The van der Waals surface area contributed by atoms with Crippen molar-refractivity contribution in [2.24, 2.45) is 0 Å². The molecular formula is C14H9N3O5. The second kappa shape index (κ2) is 5.17. The van der Waals surface area contributed by atoms with Gasteiger partial charge in [-0.15, -0.1) is 0 Å². The van der Waals surface area contributed by atoms with Crippen molar-refractivity contribution >= 4 is 28.4 Å². The Kier molecular flexibility index (Phi) is 3.18. The Morgan fingerprint density at radius 3 is 2.77 bits per heavy atom. The maximum Gasteiger partial charge on any atom is 0.417 e. The van der Waals surface area contributed by atoms with E-state index >= 15 is 0 Å². The number of oxazole rings is 1. The van der Waals surface area contributed by atoms with Gasteiger partial charge < -0.3 is 9.73 Å². The molecule has 3 aromatic rings. The second-order valence-electron chi connectivity index (χ2n) is 4.45. The van der Waals surface area contributed by atoms with Crippen molar-refractivity contribution in [3.63, 3.8) is 0 Å². The summed E-state index contributed by atoms with van der Waals surface area (Å²) in [7, 11) is 0. The maximum atomic E-state index is 12.2. The van der Waals surface area contributed by atoms with Gasteiger partial charge in [0.05, 0.1) is 10.4 Å². The number of hydrogen-bond acceptors (Lipinski definition) is 5. The fourth-order valence-corrected chi connectivity index (χ4v) is 2.05. The lowest BCUT2D eigenvalue weighted by Crippen LogP contribution is -2.13. The van der Waals surface area contributed by atoms with Crippen molar-refractivity contribution in [3.05, 3.63) is 68.7 Å². The van der Waals surface area contributed by atoms with Gasteiger partial charge in [0.25, 0.3) is 11.6 Å². The molecule has 0 bridgehead atoms. The fourth-order valence-electron chi connectivity index (χ4n) is 2.05. The average molecular weight is 299 g/mol. The van der Waals surface area contributed by atoms with Gasteiger partial charge in [0.2, 0.25) is 0 Å². The highest BCUT2D eigenvalue weighted by Crippen LogP contribution is 2.21. The SMILES string of the molecule is O=C(Nc1ccc2oc(=O)[nH]c2c1)c1ccccc1[N+](=O)[O-]. The lowest BCUT2D eigenvalue weighted by molar-refractivity contribution is -0.385. The first-order valence-corrected chi connectivity index (χ1v) is 6.22. The number of carbonyl (C=O) groups is 1. The van der Waals surface area contributed by atoms with Crippen LogP contribution in [0.2, 0.25) is 0 Å². The van der Waals surface area contributed by atoms with E-state index in [0.717, 1.165) is 0 Å². The molecule has 110 valence electrons. The first kappa shape index (κ1) is 13.6. The highest BCUT2D eigenvalue weighted by atomic mass is 16.6. The lowest BCUT2D eigenvalue weighted by atomic mass is 10.1. The number of aromatic amines is 1. The molecule has 0 aliphatic heterocycles. The van der Waals surface area contributed by atoms with E-state index in [4.69, 9.17) is 4.42 Å². The standard InChI is InChI=1S/C14H9N3O5/c18-13(9-3-1-2-4-11(9)17(20)21)15-8-5-6-12-10(7-8)16-14(19)22-12/h1-7H,(H,15,18)(H,16,19). The van der Waals surface area contributed by atoms with Crippen LogP contribution in [0.5, 0.6) is 0 Å². The number of amides is 1. The van der Waals surface area contributed by atoms with E-state index in [1.54, 1.807) is 6.07 Å². The minimum absolute atomic E-state index is 0.0479. The van der Waals surface area contributed by atoms with E-state index in [1.807, 2.05) is 0 Å². The number of para-hydroxylation sites is 1. The molecular weight excluding hydrogens is 290 g/mol. The minimum Gasteiger partial charge on any atom is -0.408 e. The van der Waals surface area contributed by atoms with Gasteiger partial charge in [0.15, 0.2) is 5.58 Å². The highest BCUT2D eigenvalue weighted by Gasteiger charge is 2.19. The van der Waals surface area contributed by atoms with Crippen molar-refractivity contribution in [2.45, 2.75) is 0 Å². The van der Waals surface area contributed by atoms with Gasteiger partial charge in [-0.2, -0.15) is 0 Å². The van der Waals surface area contributed by atoms with Crippen molar-refractivity contribution in [3.8, 4) is 0 Å². The molecule has 2 N–H and O–H groups in total. The summed E-state index contributed by atoms with van der Waals surface area (Å²) in [6.07, 6.45) is 0. The summed E-state index contributed by atoms with van der Waals surface area (Å²) >= 11 is 0. The number of nitro groups is 1. The van der Waals surface area contributed by atoms with E-state index < -0.39 is 16.6 Å². The van der Waals surface area contributed by atoms with Gasteiger partial charge in [0.1, 0.15) is 5.56 Å². The maximum absolute atomic E-state index is 12.2. The van der Waals surface area contributed by atoms with E-state index in [2.05, 4.69) is 10.3 Å². The summed E-state index contributed by atoms with van der Waals surface area (Å²) in [4.78, 5) is 36.0. The van der Waals surface area contributed by atoms with Gasteiger partial charge >= 0.3 is 5.76 Å². The quantitative estimate of drug-likeness (QED) is 0.568. The second-order valence-corrected chi connectivity index (χ2v) is 4.45. The number of nitrogens with one attached hydrogen (secondary N) is 2. The molecule has 3 rings (SSSR count). The van der Waals surface area contributed by atoms with Gasteiger partial charge in [-0.3, -0.25) is 19.9 Å². The summed E-state index contributed by atoms with van der Waals surface area (Å²) in [6, 6.07) is 10.2. The van der Waals surface area contributed by atoms with Crippen molar-refractivity contribution < 1.29 is 14.1 Å². The van der Waals surface area contributed by atoms with Gasteiger partial charge in [-0.25, -0.2) is 4.79 Å². The molecule has 0 saturated heterocycles.